The second-order valence-electron chi connectivity index (χ2n) is 9.36. The van der Waals surface area contributed by atoms with E-state index in [2.05, 4.69) is 0 Å². The van der Waals surface area contributed by atoms with Crippen molar-refractivity contribution in [1.82, 2.24) is 9.55 Å². The Bertz CT molecular complexity index is 1320. The summed E-state index contributed by atoms with van der Waals surface area (Å²) in [6.45, 7) is 12.0. The lowest BCUT2D eigenvalue weighted by Gasteiger charge is -2.25. The molecule has 1 aromatic carbocycles. The van der Waals surface area contributed by atoms with Gasteiger partial charge < -0.3 is 25.6 Å². The number of carbonyl (C=O) groups is 1. The lowest BCUT2D eigenvalue weighted by atomic mass is 9.92. The molecule has 0 radical (unpaired) electrons. The average molecular weight is 483 g/mol. The highest BCUT2D eigenvalue weighted by Gasteiger charge is 2.26. The van der Waals surface area contributed by atoms with Gasteiger partial charge in [-0.15, -0.1) is 0 Å². The minimum atomic E-state index is -0.941. The first kappa shape index (κ1) is 25.3. The second kappa shape index (κ2) is 9.50. The van der Waals surface area contributed by atoms with Crippen LogP contribution in [-0.4, -0.2) is 32.4 Å². The molecule has 0 bridgehead atoms. The summed E-state index contributed by atoms with van der Waals surface area (Å²) in [5.74, 6) is -0.367. The molecule has 0 saturated heterocycles. The number of carboxylic acids is 1. The number of hydrogen-bond donors (Lipinski definition) is 3. The summed E-state index contributed by atoms with van der Waals surface area (Å²) in [6, 6.07) is 5.41. The molecule has 3 aromatic rings. The van der Waals surface area contributed by atoms with E-state index in [4.69, 9.17) is 32.5 Å². The molecule has 0 unspecified atom stereocenters. The van der Waals surface area contributed by atoms with Gasteiger partial charge in [0.2, 0.25) is 0 Å². The highest BCUT2D eigenvalue weighted by molar-refractivity contribution is 6.30. The molecule has 2 heterocycles. The number of halogens is 1. The maximum Gasteiger partial charge on any atom is 0.307 e. The van der Waals surface area contributed by atoms with Gasteiger partial charge in [0.1, 0.15) is 17.0 Å². The minimum absolute atomic E-state index is 0.181. The number of aromatic nitrogens is 2. The maximum atomic E-state index is 11.9. The van der Waals surface area contributed by atoms with Gasteiger partial charge in [0.05, 0.1) is 13.0 Å². The first-order chi connectivity index (χ1) is 15.9. The van der Waals surface area contributed by atoms with Crippen LogP contribution in [0.3, 0.4) is 0 Å². The van der Waals surface area contributed by atoms with E-state index in [9.17, 15) is 9.90 Å². The van der Waals surface area contributed by atoms with Crippen LogP contribution in [0.1, 0.15) is 43.3 Å². The molecule has 34 heavy (non-hydrogen) atoms. The van der Waals surface area contributed by atoms with Crippen LogP contribution in [0, 0.1) is 26.2 Å². The zero-order valence-electron chi connectivity index (χ0n) is 20.4. The zero-order chi connectivity index (χ0) is 25.4. The number of nitrogens with zero attached hydrogens (tertiary/aromatic N) is 2. The van der Waals surface area contributed by atoms with E-state index < -0.39 is 11.6 Å². The predicted octanol–water partition coefficient (Wildman–Crippen LogP) is 5.58. The van der Waals surface area contributed by atoms with E-state index in [0.717, 1.165) is 27.8 Å². The Balaban J connectivity index is 2.48. The SMILES string of the molecule is Cc1nc2c(c(C)c(C)n2C/C(C=N)=C/N)c(-c2ccc(Cl)cc2OC(C)(C)C)c1CC(=O)O. The molecule has 2 aromatic heterocycles. The molecule has 0 amide bonds. The normalized spacial score (nSPS) is 12.3. The number of allylic oxidation sites excluding steroid dienone is 1. The third-order valence-corrected chi connectivity index (χ3v) is 6.00. The van der Waals surface area contributed by atoms with Crippen molar-refractivity contribution in [2.45, 2.75) is 60.1 Å². The number of aliphatic carboxylic acids is 1. The Morgan fingerprint density at radius 3 is 2.53 bits per heavy atom. The number of pyridine rings is 1. The van der Waals surface area contributed by atoms with Crippen molar-refractivity contribution < 1.29 is 14.6 Å². The molecule has 7 nitrogen and oxygen atoms in total. The topological polar surface area (TPSA) is 114 Å². The van der Waals surface area contributed by atoms with Gasteiger partial charge in [0, 0.05) is 50.9 Å². The summed E-state index contributed by atoms with van der Waals surface area (Å²) in [7, 11) is 0. The van der Waals surface area contributed by atoms with Crippen LogP contribution >= 0.6 is 11.6 Å². The van der Waals surface area contributed by atoms with Gasteiger partial charge in [-0.3, -0.25) is 4.79 Å². The molecular weight excluding hydrogens is 452 g/mol. The molecule has 3 rings (SSSR count). The Morgan fingerprint density at radius 1 is 1.29 bits per heavy atom. The van der Waals surface area contributed by atoms with Crippen LogP contribution < -0.4 is 10.5 Å². The molecule has 0 saturated carbocycles. The monoisotopic (exact) mass is 482 g/mol. The van der Waals surface area contributed by atoms with Gasteiger partial charge in [-0.1, -0.05) is 11.6 Å². The summed E-state index contributed by atoms with van der Waals surface area (Å²) in [5, 5.41) is 18.7. The van der Waals surface area contributed by atoms with E-state index >= 15 is 0 Å². The first-order valence-corrected chi connectivity index (χ1v) is 11.4. The van der Waals surface area contributed by atoms with Crippen molar-refractivity contribution in [3.8, 4) is 16.9 Å². The summed E-state index contributed by atoms with van der Waals surface area (Å²) in [6.07, 6.45) is 2.45. The van der Waals surface area contributed by atoms with Crippen LogP contribution in [0.4, 0.5) is 0 Å². The number of benzene rings is 1. The highest BCUT2D eigenvalue weighted by atomic mass is 35.5. The molecule has 0 aliphatic carbocycles. The number of carboxylic acid groups (broad SMARTS) is 1. The van der Waals surface area contributed by atoms with Gasteiger partial charge in [-0.2, -0.15) is 0 Å². The van der Waals surface area contributed by atoms with Gasteiger partial charge in [0.15, 0.2) is 0 Å². The van der Waals surface area contributed by atoms with Crippen LogP contribution in [0.15, 0.2) is 30.0 Å². The summed E-state index contributed by atoms with van der Waals surface area (Å²) >= 11 is 6.33. The number of fused-ring (bicyclic) bond motifs is 1. The first-order valence-electron chi connectivity index (χ1n) is 11.0. The van der Waals surface area contributed by atoms with Crippen LogP contribution in [-0.2, 0) is 17.8 Å². The lowest BCUT2D eigenvalue weighted by Crippen LogP contribution is -2.23. The van der Waals surface area contributed by atoms with Crippen molar-refractivity contribution in [2.75, 3.05) is 0 Å². The molecule has 4 N–H and O–H groups in total. The third-order valence-electron chi connectivity index (χ3n) is 5.76. The summed E-state index contributed by atoms with van der Waals surface area (Å²) in [5.41, 5.74) is 11.3. The fourth-order valence-electron chi connectivity index (χ4n) is 4.12. The smallest absolute Gasteiger partial charge is 0.307 e. The van der Waals surface area contributed by atoms with Crippen molar-refractivity contribution in [2.24, 2.45) is 5.73 Å². The van der Waals surface area contributed by atoms with E-state index in [1.54, 1.807) is 12.1 Å². The van der Waals surface area contributed by atoms with Gasteiger partial charge >= 0.3 is 5.97 Å². The number of ether oxygens (including phenoxy) is 1. The zero-order valence-corrected chi connectivity index (χ0v) is 21.2. The summed E-state index contributed by atoms with van der Waals surface area (Å²) < 4.78 is 8.29. The number of rotatable bonds is 7. The fourth-order valence-corrected chi connectivity index (χ4v) is 4.28. The minimum Gasteiger partial charge on any atom is -0.487 e. The van der Waals surface area contributed by atoms with E-state index in [1.807, 2.05) is 52.2 Å². The molecule has 0 spiro atoms. The molecule has 180 valence electrons. The number of hydrogen-bond acceptors (Lipinski definition) is 5. The molecule has 8 heteroatoms. The molecule has 0 fully saturated rings. The standard InChI is InChI=1S/C26H31ClN4O3/c1-14-16(3)31(13-17(11-28)12-29)25-23(14)24(20(10-22(32)33)15(2)30-25)19-8-7-18(27)9-21(19)34-26(4,5)6/h7-9,11-12,28H,10,13,29H2,1-6H3,(H,32,33)/b17-12+,28-11?. The van der Waals surface area contributed by atoms with E-state index in [-0.39, 0.29) is 6.42 Å². The van der Waals surface area contributed by atoms with Gasteiger partial charge in [0.25, 0.3) is 0 Å². The molecule has 0 aliphatic rings. The Kier molecular flexibility index (Phi) is 7.07. The van der Waals surface area contributed by atoms with Crippen molar-refractivity contribution >= 4 is 34.8 Å². The van der Waals surface area contributed by atoms with Crippen LogP contribution in [0.2, 0.25) is 5.02 Å². The molecular formula is C26H31ClN4O3. The molecule has 0 atom stereocenters. The third kappa shape index (κ3) is 4.94. The Labute approximate surface area is 204 Å². The van der Waals surface area contributed by atoms with Gasteiger partial charge in [-0.05, 0) is 70.9 Å². The lowest BCUT2D eigenvalue weighted by molar-refractivity contribution is -0.136. The van der Waals surface area contributed by atoms with E-state index in [0.29, 0.717) is 39.8 Å². The van der Waals surface area contributed by atoms with Crippen molar-refractivity contribution in [3.05, 3.63) is 57.5 Å². The number of nitrogens with two attached hydrogens (primary N) is 1. The predicted molar refractivity (Wildman–Crippen MR) is 137 cm³/mol. The van der Waals surface area contributed by atoms with Crippen molar-refractivity contribution in [3.63, 3.8) is 0 Å². The van der Waals surface area contributed by atoms with Crippen molar-refractivity contribution in [1.29, 1.82) is 5.41 Å². The fraction of sp³-hybridized carbons (Fsp3) is 0.346. The highest BCUT2D eigenvalue weighted by Crippen LogP contribution is 2.43. The Morgan fingerprint density at radius 2 is 1.97 bits per heavy atom. The summed E-state index contributed by atoms with van der Waals surface area (Å²) in [4.78, 5) is 16.7. The maximum absolute atomic E-state index is 11.9. The molecule has 0 aliphatic heterocycles. The largest absolute Gasteiger partial charge is 0.487 e. The number of aryl methyl sites for hydroxylation is 2. The number of nitrogens with one attached hydrogen (secondary N) is 1. The van der Waals surface area contributed by atoms with Crippen LogP contribution in [0.5, 0.6) is 5.75 Å². The quantitative estimate of drug-likeness (QED) is 0.380. The van der Waals surface area contributed by atoms with Crippen LogP contribution in [0.25, 0.3) is 22.2 Å². The second-order valence-corrected chi connectivity index (χ2v) is 9.79. The van der Waals surface area contributed by atoms with E-state index in [1.165, 1.54) is 12.4 Å². The Hall–Kier alpha value is -3.32. The average Bonchev–Trinajstić information content (AvgIpc) is 2.95. The van der Waals surface area contributed by atoms with Gasteiger partial charge in [-0.25, -0.2) is 4.98 Å².